The third kappa shape index (κ3) is 4.90. The molecule has 0 fully saturated rings. The fourth-order valence-corrected chi connectivity index (χ4v) is 1.77. The lowest BCUT2D eigenvalue weighted by Gasteiger charge is -2.20. The second-order valence-corrected chi connectivity index (χ2v) is 4.77. The lowest BCUT2D eigenvalue weighted by molar-refractivity contribution is 0.258. The van der Waals surface area contributed by atoms with Crippen molar-refractivity contribution in [2.75, 3.05) is 13.7 Å². The molecular formula is C15H22N2O2. The van der Waals surface area contributed by atoms with Crippen molar-refractivity contribution >= 4 is 0 Å². The lowest BCUT2D eigenvalue weighted by atomic mass is 9.97. The van der Waals surface area contributed by atoms with Crippen LogP contribution < -0.4 is 10.1 Å². The van der Waals surface area contributed by atoms with Gasteiger partial charge in [0.15, 0.2) is 0 Å². The summed E-state index contributed by atoms with van der Waals surface area (Å²) in [5.41, 5.74) is 0.350. The van der Waals surface area contributed by atoms with Crippen molar-refractivity contribution < 1.29 is 9.84 Å². The van der Waals surface area contributed by atoms with Crippen LogP contribution in [0.1, 0.15) is 31.7 Å². The number of nitrogens with zero attached hydrogens (tertiary/aromatic N) is 1. The van der Waals surface area contributed by atoms with Gasteiger partial charge in [-0.1, -0.05) is 18.2 Å². The molecule has 19 heavy (non-hydrogen) atoms. The van der Waals surface area contributed by atoms with Gasteiger partial charge in [-0.15, -0.1) is 0 Å². The van der Waals surface area contributed by atoms with Crippen LogP contribution in [0.25, 0.3) is 0 Å². The summed E-state index contributed by atoms with van der Waals surface area (Å²) in [7, 11) is 1.80. The van der Waals surface area contributed by atoms with Crippen molar-refractivity contribution in [2.45, 2.75) is 38.3 Å². The van der Waals surface area contributed by atoms with E-state index in [1.807, 2.05) is 31.2 Å². The Kier molecular flexibility index (Phi) is 6.34. The van der Waals surface area contributed by atoms with Gasteiger partial charge in [-0.2, -0.15) is 5.26 Å². The predicted molar refractivity (Wildman–Crippen MR) is 74.8 cm³/mol. The van der Waals surface area contributed by atoms with E-state index >= 15 is 0 Å². The first-order chi connectivity index (χ1) is 9.15. The van der Waals surface area contributed by atoms with E-state index in [0.717, 1.165) is 30.6 Å². The van der Waals surface area contributed by atoms with Gasteiger partial charge in [0.1, 0.15) is 11.3 Å². The van der Waals surface area contributed by atoms with Crippen molar-refractivity contribution in [3.63, 3.8) is 0 Å². The number of hydrogen-bond acceptors (Lipinski definition) is 4. The zero-order chi connectivity index (χ0) is 14.1. The fraction of sp³-hybridized carbons (Fsp3) is 0.533. The van der Waals surface area contributed by atoms with Gasteiger partial charge in [0, 0.05) is 5.56 Å². The third-order valence-electron chi connectivity index (χ3n) is 3.27. The molecule has 0 aliphatic rings. The van der Waals surface area contributed by atoms with E-state index in [4.69, 9.17) is 15.1 Å². The number of rotatable bonds is 8. The summed E-state index contributed by atoms with van der Waals surface area (Å²) in [5.74, 6) is 0.738. The van der Waals surface area contributed by atoms with Gasteiger partial charge < -0.3 is 15.2 Å². The summed E-state index contributed by atoms with van der Waals surface area (Å²) in [5, 5.41) is 21.2. The van der Waals surface area contributed by atoms with Gasteiger partial charge in [-0.05, 0) is 39.3 Å². The van der Waals surface area contributed by atoms with E-state index in [0.29, 0.717) is 6.61 Å². The molecule has 1 atom stereocenters. The fourth-order valence-electron chi connectivity index (χ4n) is 1.77. The monoisotopic (exact) mass is 262 g/mol. The topological polar surface area (TPSA) is 65.3 Å². The number of benzene rings is 1. The molecule has 104 valence electrons. The molecular weight excluding hydrogens is 240 g/mol. The summed E-state index contributed by atoms with van der Waals surface area (Å²) in [4.78, 5) is 0. The zero-order valence-corrected chi connectivity index (χ0v) is 11.6. The van der Waals surface area contributed by atoms with Crippen LogP contribution in [-0.4, -0.2) is 24.3 Å². The molecule has 1 unspecified atom stereocenters. The average Bonchev–Trinajstić information content (AvgIpc) is 2.47. The van der Waals surface area contributed by atoms with Crippen LogP contribution in [-0.2, 0) is 6.61 Å². The highest BCUT2D eigenvalue weighted by molar-refractivity contribution is 5.32. The van der Waals surface area contributed by atoms with E-state index < -0.39 is 5.54 Å². The molecule has 0 amide bonds. The van der Waals surface area contributed by atoms with Crippen molar-refractivity contribution in [3.05, 3.63) is 29.8 Å². The molecule has 1 aromatic carbocycles. The molecule has 0 aromatic heterocycles. The number of nitrogens with one attached hydrogen (secondary N) is 1. The normalized spacial score (nSPS) is 13.6. The predicted octanol–water partition coefficient (Wildman–Crippen LogP) is 2.23. The van der Waals surface area contributed by atoms with Gasteiger partial charge in [0.05, 0.1) is 19.3 Å². The smallest absolute Gasteiger partial charge is 0.124 e. The number of aliphatic hydroxyl groups is 1. The number of unbranched alkanes of at least 4 members (excludes halogenated alkanes) is 1. The lowest BCUT2D eigenvalue weighted by Crippen LogP contribution is -2.37. The second kappa shape index (κ2) is 7.78. The Bertz CT molecular complexity index is 428. The molecule has 0 radical (unpaired) electrons. The molecule has 0 heterocycles. The molecule has 0 saturated carbocycles. The summed E-state index contributed by atoms with van der Waals surface area (Å²) < 4.78 is 5.65. The van der Waals surface area contributed by atoms with Crippen LogP contribution in [0.3, 0.4) is 0 Å². The third-order valence-corrected chi connectivity index (χ3v) is 3.27. The minimum atomic E-state index is -0.455. The van der Waals surface area contributed by atoms with Gasteiger partial charge in [-0.25, -0.2) is 0 Å². The maximum absolute atomic E-state index is 9.17. The molecule has 0 spiro atoms. The molecule has 4 heteroatoms. The Morgan fingerprint density at radius 1 is 1.37 bits per heavy atom. The van der Waals surface area contributed by atoms with E-state index in [1.54, 1.807) is 7.05 Å². The van der Waals surface area contributed by atoms with E-state index in [-0.39, 0.29) is 6.61 Å². The van der Waals surface area contributed by atoms with E-state index in [2.05, 4.69) is 11.4 Å². The Balaban J connectivity index is 2.30. The Morgan fingerprint density at radius 3 is 2.74 bits per heavy atom. The standard InChI is InChI=1S/C15H22N2O2/c1-15(12-16,17-2)9-5-6-10-19-14-8-4-3-7-13(14)11-18/h3-4,7-8,17-18H,5-6,9-11H2,1-2H3. The number of hydrogen-bond donors (Lipinski definition) is 2. The number of ether oxygens (including phenoxy) is 1. The highest BCUT2D eigenvalue weighted by atomic mass is 16.5. The van der Waals surface area contributed by atoms with Crippen LogP contribution in [0.5, 0.6) is 5.75 Å². The first-order valence-corrected chi connectivity index (χ1v) is 6.57. The second-order valence-electron chi connectivity index (χ2n) is 4.77. The minimum Gasteiger partial charge on any atom is -0.493 e. The number of aliphatic hydroxyl groups excluding tert-OH is 1. The van der Waals surface area contributed by atoms with Crippen LogP contribution in [0.15, 0.2) is 24.3 Å². The summed E-state index contributed by atoms with van der Waals surface area (Å²) >= 11 is 0. The van der Waals surface area contributed by atoms with Crippen LogP contribution in [0.4, 0.5) is 0 Å². The number of para-hydroxylation sites is 1. The van der Waals surface area contributed by atoms with Crippen LogP contribution in [0.2, 0.25) is 0 Å². The first-order valence-electron chi connectivity index (χ1n) is 6.57. The van der Waals surface area contributed by atoms with E-state index in [9.17, 15) is 0 Å². The summed E-state index contributed by atoms with van der Waals surface area (Å²) in [6.45, 7) is 2.49. The SMILES string of the molecule is CNC(C)(C#N)CCCCOc1ccccc1CO. The quantitative estimate of drug-likeness (QED) is 0.705. The van der Waals surface area contributed by atoms with Gasteiger partial charge in [0.25, 0.3) is 0 Å². The van der Waals surface area contributed by atoms with Crippen molar-refractivity contribution in [2.24, 2.45) is 0 Å². The highest BCUT2D eigenvalue weighted by Gasteiger charge is 2.19. The average molecular weight is 262 g/mol. The Morgan fingerprint density at radius 2 is 2.11 bits per heavy atom. The highest BCUT2D eigenvalue weighted by Crippen LogP contribution is 2.18. The maximum Gasteiger partial charge on any atom is 0.124 e. The summed E-state index contributed by atoms with van der Waals surface area (Å²) in [6, 6.07) is 9.75. The summed E-state index contributed by atoms with van der Waals surface area (Å²) in [6.07, 6.45) is 2.61. The molecule has 1 aromatic rings. The van der Waals surface area contributed by atoms with Crippen molar-refractivity contribution in [1.82, 2.24) is 5.32 Å². The van der Waals surface area contributed by atoms with Crippen LogP contribution in [0, 0.1) is 11.3 Å². The molecule has 0 aliphatic carbocycles. The zero-order valence-electron chi connectivity index (χ0n) is 11.6. The Hall–Kier alpha value is -1.57. The molecule has 0 bridgehead atoms. The molecule has 1 rings (SSSR count). The van der Waals surface area contributed by atoms with E-state index in [1.165, 1.54) is 0 Å². The van der Waals surface area contributed by atoms with Gasteiger partial charge >= 0.3 is 0 Å². The first kappa shape index (κ1) is 15.5. The molecule has 0 aliphatic heterocycles. The Labute approximate surface area is 115 Å². The molecule has 4 nitrogen and oxygen atoms in total. The number of nitriles is 1. The molecule has 0 saturated heterocycles. The van der Waals surface area contributed by atoms with Crippen LogP contribution >= 0.6 is 0 Å². The van der Waals surface area contributed by atoms with Gasteiger partial charge in [-0.3, -0.25) is 0 Å². The minimum absolute atomic E-state index is 0.0115. The largest absolute Gasteiger partial charge is 0.493 e. The van der Waals surface area contributed by atoms with Crippen molar-refractivity contribution in [3.8, 4) is 11.8 Å². The maximum atomic E-state index is 9.17. The van der Waals surface area contributed by atoms with Gasteiger partial charge in [0.2, 0.25) is 0 Å². The molecule has 2 N–H and O–H groups in total. The van der Waals surface area contributed by atoms with Crippen molar-refractivity contribution in [1.29, 1.82) is 5.26 Å².